The van der Waals surface area contributed by atoms with Crippen molar-refractivity contribution >= 4 is 45.7 Å². The van der Waals surface area contributed by atoms with Crippen LogP contribution in [0.2, 0.25) is 10.0 Å². The third-order valence-corrected chi connectivity index (χ3v) is 5.13. The number of aromatic nitrogens is 2. The number of H-pyrrole nitrogens is 1. The molecule has 0 saturated carbocycles. The Morgan fingerprint density at radius 3 is 2.78 bits per heavy atom. The summed E-state index contributed by atoms with van der Waals surface area (Å²) in [6, 6.07) is 10.8. The average molecular weight is 475 g/mol. The summed E-state index contributed by atoms with van der Waals surface area (Å²) in [5.41, 5.74) is 7.27. The van der Waals surface area contributed by atoms with Crippen molar-refractivity contribution in [3.8, 4) is 17.4 Å². The van der Waals surface area contributed by atoms with Crippen molar-refractivity contribution in [2.75, 3.05) is 12.8 Å². The topological polar surface area (TPSA) is 102 Å². The van der Waals surface area contributed by atoms with E-state index in [4.69, 9.17) is 38.4 Å². The highest BCUT2D eigenvalue weighted by molar-refractivity contribution is 6.32. The molecule has 0 fully saturated rings. The standard InChI is InChI=1S/C22H17Cl2FN4O3/c1-31-19-5-12-4-17(29-18(12)10-27-19)22(30)28-9-11-2-3-16(24)21(20(11)25)32-15-7-13(23)6-14(26)8-15/h2-8,10,29H,9,26H2,1H3,(H,28,30). The monoisotopic (exact) mass is 474 g/mol. The highest BCUT2D eigenvalue weighted by Crippen LogP contribution is 2.35. The maximum atomic E-state index is 15.1. The van der Waals surface area contributed by atoms with Crippen molar-refractivity contribution < 1.29 is 18.7 Å². The van der Waals surface area contributed by atoms with Gasteiger partial charge in [-0.05, 0) is 24.3 Å². The first kappa shape index (κ1) is 21.7. The minimum Gasteiger partial charge on any atom is -0.481 e. The van der Waals surface area contributed by atoms with Gasteiger partial charge in [0.1, 0.15) is 11.4 Å². The smallest absolute Gasteiger partial charge is 0.267 e. The van der Waals surface area contributed by atoms with Crippen molar-refractivity contribution in [1.29, 1.82) is 0 Å². The highest BCUT2D eigenvalue weighted by Gasteiger charge is 2.17. The Labute approximate surface area is 192 Å². The fourth-order valence-corrected chi connectivity index (χ4v) is 3.50. The first-order valence-electron chi connectivity index (χ1n) is 9.36. The third kappa shape index (κ3) is 4.56. The van der Waals surface area contributed by atoms with Crippen LogP contribution in [-0.4, -0.2) is 23.0 Å². The molecule has 0 aliphatic rings. The van der Waals surface area contributed by atoms with E-state index in [0.717, 1.165) is 5.39 Å². The van der Waals surface area contributed by atoms with Crippen molar-refractivity contribution in [3.05, 3.63) is 75.8 Å². The third-order valence-electron chi connectivity index (χ3n) is 4.62. The Hall–Kier alpha value is -3.49. The summed E-state index contributed by atoms with van der Waals surface area (Å²) in [6.45, 7) is -0.0905. The Morgan fingerprint density at radius 2 is 2.03 bits per heavy atom. The minimum absolute atomic E-state index is 0.0631. The molecule has 4 aromatic rings. The largest absolute Gasteiger partial charge is 0.481 e. The maximum absolute atomic E-state index is 15.1. The number of anilines is 1. The van der Waals surface area contributed by atoms with E-state index in [-0.39, 0.29) is 28.6 Å². The van der Waals surface area contributed by atoms with E-state index in [9.17, 15) is 4.79 Å². The summed E-state index contributed by atoms with van der Waals surface area (Å²) in [6.07, 6.45) is 1.57. The van der Waals surface area contributed by atoms with Crippen molar-refractivity contribution in [2.45, 2.75) is 6.54 Å². The van der Waals surface area contributed by atoms with Gasteiger partial charge in [0.2, 0.25) is 5.88 Å². The molecule has 0 bridgehead atoms. The molecular formula is C22H17Cl2FN4O3. The Kier molecular flexibility index (Phi) is 6.07. The molecule has 0 aliphatic carbocycles. The van der Waals surface area contributed by atoms with Crippen LogP contribution in [0.25, 0.3) is 10.9 Å². The second-order valence-corrected chi connectivity index (χ2v) is 7.70. The van der Waals surface area contributed by atoms with Crippen molar-refractivity contribution in [1.82, 2.24) is 15.3 Å². The second kappa shape index (κ2) is 8.94. The molecule has 1 amide bonds. The molecular weight excluding hydrogens is 458 g/mol. The zero-order chi connectivity index (χ0) is 22.8. The van der Waals surface area contributed by atoms with Crippen LogP contribution in [0.1, 0.15) is 16.1 Å². The summed E-state index contributed by atoms with van der Waals surface area (Å²) in [5, 5.41) is 3.84. The minimum atomic E-state index is -0.707. The van der Waals surface area contributed by atoms with Gasteiger partial charge in [-0.1, -0.05) is 29.3 Å². The molecule has 0 saturated heterocycles. The van der Waals surface area contributed by atoms with Gasteiger partial charge < -0.3 is 25.5 Å². The predicted octanol–water partition coefficient (Wildman–Crippen LogP) is 5.32. The Bertz CT molecular complexity index is 1310. The zero-order valence-electron chi connectivity index (χ0n) is 16.7. The number of hydrogen-bond donors (Lipinski definition) is 3. The van der Waals surface area contributed by atoms with E-state index >= 15 is 4.39 Å². The first-order valence-corrected chi connectivity index (χ1v) is 10.1. The number of halogens is 3. The van der Waals surface area contributed by atoms with Crippen LogP contribution in [0.4, 0.5) is 10.1 Å². The number of ether oxygens (including phenoxy) is 2. The molecule has 7 nitrogen and oxygen atoms in total. The molecule has 4 N–H and O–H groups in total. The summed E-state index contributed by atoms with van der Waals surface area (Å²) >= 11 is 12.1. The number of fused-ring (bicyclic) bond motifs is 1. The molecule has 32 heavy (non-hydrogen) atoms. The summed E-state index contributed by atoms with van der Waals surface area (Å²) in [4.78, 5) is 19.6. The van der Waals surface area contributed by atoms with Crippen LogP contribution in [0.3, 0.4) is 0 Å². The van der Waals surface area contributed by atoms with Gasteiger partial charge in [-0.3, -0.25) is 4.79 Å². The molecule has 0 aliphatic heterocycles. The number of amides is 1. The number of rotatable bonds is 6. The molecule has 0 radical (unpaired) electrons. The molecule has 4 rings (SSSR count). The summed E-state index contributed by atoms with van der Waals surface area (Å²) < 4.78 is 25.7. The maximum Gasteiger partial charge on any atom is 0.267 e. The molecule has 164 valence electrons. The van der Waals surface area contributed by atoms with Crippen LogP contribution >= 0.6 is 23.2 Å². The number of methoxy groups -OCH3 is 1. The van der Waals surface area contributed by atoms with E-state index in [0.29, 0.717) is 27.8 Å². The van der Waals surface area contributed by atoms with Gasteiger partial charge in [0.15, 0.2) is 11.6 Å². The number of carbonyl (C=O) groups excluding carboxylic acids is 1. The molecule has 0 unspecified atom stereocenters. The normalized spacial score (nSPS) is 10.9. The number of pyridine rings is 1. The van der Waals surface area contributed by atoms with E-state index in [1.54, 1.807) is 18.3 Å². The van der Waals surface area contributed by atoms with Crippen LogP contribution < -0.4 is 20.5 Å². The fraction of sp³-hybridized carbons (Fsp3) is 0.0909. The number of benzene rings is 2. The molecule has 2 aromatic carbocycles. The number of nitrogen functional groups attached to an aromatic ring is 1. The van der Waals surface area contributed by atoms with E-state index in [1.165, 1.54) is 37.4 Å². The summed E-state index contributed by atoms with van der Waals surface area (Å²) in [5.74, 6) is -0.648. The quantitative estimate of drug-likeness (QED) is 0.328. The number of nitrogens with one attached hydrogen (secondary N) is 2. The van der Waals surface area contributed by atoms with Crippen LogP contribution in [0, 0.1) is 5.82 Å². The van der Waals surface area contributed by atoms with Gasteiger partial charge in [0, 0.05) is 40.3 Å². The second-order valence-electron chi connectivity index (χ2n) is 6.85. The van der Waals surface area contributed by atoms with Crippen LogP contribution in [-0.2, 0) is 6.54 Å². The van der Waals surface area contributed by atoms with Gasteiger partial charge in [-0.2, -0.15) is 0 Å². The molecule has 2 aromatic heterocycles. The number of hydrogen-bond acceptors (Lipinski definition) is 5. The number of aromatic amines is 1. The van der Waals surface area contributed by atoms with Crippen LogP contribution in [0.5, 0.6) is 17.4 Å². The number of nitrogens with two attached hydrogens (primary N) is 1. The molecule has 2 heterocycles. The van der Waals surface area contributed by atoms with Gasteiger partial charge in [0.25, 0.3) is 5.91 Å². The zero-order valence-corrected chi connectivity index (χ0v) is 18.2. The molecule has 0 atom stereocenters. The van der Waals surface area contributed by atoms with E-state index < -0.39 is 11.7 Å². The van der Waals surface area contributed by atoms with Gasteiger partial charge in [-0.25, -0.2) is 9.37 Å². The van der Waals surface area contributed by atoms with E-state index in [2.05, 4.69) is 15.3 Å². The molecule has 10 heteroatoms. The van der Waals surface area contributed by atoms with Crippen molar-refractivity contribution in [3.63, 3.8) is 0 Å². The van der Waals surface area contributed by atoms with Gasteiger partial charge >= 0.3 is 0 Å². The van der Waals surface area contributed by atoms with Gasteiger partial charge in [-0.15, -0.1) is 0 Å². The predicted molar refractivity (Wildman–Crippen MR) is 121 cm³/mol. The number of carbonyl (C=O) groups is 1. The number of nitrogens with zero attached hydrogens (tertiary/aromatic N) is 1. The lowest BCUT2D eigenvalue weighted by Crippen LogP contribution is -2.23. The van der Waals surface area contributed by atoms with Crippen molar-refractivity contribution in [2.24, 2.45) is 0 Å². The Balaban J connectivity index is 1.52. The molecule has 0 spiro atoms. The lowest BCUT2D eigenvalue weighted by molar-refractivity contribution is 0.0946. The van der Waals surface area contributed by atoms with Crippen LogP contribution in [0.15, 0.2) is 48.7 Å². The average Bonchev–Trinajstić information content (AvgIpc) is 3.18. The Morgan fingerprint density at radius 1 is 1.22 bits per heavy atom. The van der Waals surface area contributed by atoms with E-state index in [1.807, 2.05) is 0 Å². The fourth-order valence-electron chi connectivity index (χ4n) is 3.08. The highest BCUT2D eigenvalue weighted by atomic mass is 35.5. The lowest BCUT2D eigenvalue weighted by Gasteiger charge is -2.13. The first-order chi connectivity index (χ1) is 15.3. The lowest BCUT2D eigenvalue weighted by atomic mass is 10.2. The summed E-state index contributed by atoms with van der Waals surface area (Å²) in [7, 11) is 1.51. The SMILES string of the molecule is COc1cc2cc(C(=O)NCc3ccc(Cl)c(Oc4cc(N)cc(Cl)c4)c3F)[nH]c2cn1. The van der Waals surface area contributed by atoms with Gasteiger partial charge in [0.05, 0.1) is 23.8 Å².